The first-order valence-corrected chi connectivity index (χ1v) is 6.14. The molecule has 0 saturated heterocycles. The van der Waals surface area contributed by atoms with E-state index in [9.17, 15) is 13.6 Å². The predicted octanol–water partition coefficient (Wildman–Crippen LogP) is 2.52. The first kappa shape index (κ1) is 15.6. The second kappa shape index (κ2) is 5.65. The van der Waals surface area contributed by atoms with Gasteiger partial charge in [0.05, 0.1) is 12.1 Å². The highest BCUT2D eigenvalue weighted by atomic mass is 19.1. The molecule has 1 aromatic carbocycles. The van der Waals surface area contributed by atoms with Gasteiger partial charge in [-0.1, -0.05) is 26.8 Å². The lowest BCUT2D eigenvalue weighted by Crippen LogP contribution is -2.49. The van der Waals surface area contributed by atoms with Crippen molar-refractivity contribution in [3.05, 3.63) is 35.4 Å². The quantitative estimate of drug-likeness (QED) is 0.886. The largest absolute Gasteiger partial charge is 0.348 e. The van der Waals surface area contributed by atoms with Crippen molar-refractivity contribution in [1.82, 2.24) is 5.32 Å². The number of rotatable bonds is 3. The van der Waals surface area contributed by atoms with Crippen LogP contribution in [0.15, 0.2) is 18.2 Å². The van der Waals surface area contributed by atoms with Crippen LogP contribution in [0.25, 0.3) is 0 Å². The van der Waals surface area contributed by atoms with Crippen LogP contribution >= 0.6 is 0 Å². The van der Waals surface area contributed by atoms with E-state index in [2.05, 4.69) is 5.32 Å². The lowest BCUT2D eigenvalue weighted by molar-refractivity contribution is -0.125. The van der Waals surface area contributed by atoms with Crippen LogP contribution in [0.3, 0.4) is 0 Å². The highest BCUT2D eigenvalue weighted by molar-refractivity contribution is 5.82. The summed E-state index contributed by atoms with van der Waals surface area (Å²) in [6, 6.07) is 2.07. The fraction of sp³-hybridized carbons (Fsp3) is 0.500. The molecule has 106 valence electrons. The maximum Gasteiger partial charge on any atom is 0.237 e. The molecule has 19 heavy (non-hydrogen) atoms. The number of carbonyl (C=O) groups excluding carboxylic acids is 1. The third kappa shape index (κ3) is 3.73. The molecule has 0 aromatic heterocycles. The van der Waals surface area contributed by atoms with Crippen molar-refractivity contribution in [2.45, 2.75) is 39.8 Å². The third-order valence-corrected chi connectivity index (χ3v) is 3.01. The summed E-state index contributed by atoms with van der Waals surface area (Å²) in [5, 5.41) is 2.54. The number of hydrogen-bond acceptors (Lipinski definition) is 2. The molecule has 0 saturated carbocycles. The second-order valence-electron chi connectivity index (χ2n) is 5.71. The van der Waals surface area contributed by atoms with Crippen LogP contribution in [-0.2, 0) is 4.79 Å². The zero-order valence-corrected chi connectivity index (χ0v) is 11.6. The van der Waals surface area contributed by atoms with Crippen molar-refractivity contribution in [3.8, 4) is 0 Å². The van der Waals surface area contributed by atoms with Crippen molar-refractivity contribution >= 4 is 5.91 Å². The number of hydrogen-bond donors (Lipinski definition) is 2. The first-order valence-electron chi connectivity index (χ1n) is 6.14. The van der Waals surface area contributed by atoms with Gasteiger partial charge in [-0.3, -0.25) is 4.79 Å². The second-order valence-corrected chi connectivity index (χ2v) is 5.71. The average molecular weight is 270 g/mol. The van der Waals surface area contributed by atoms with Crippen molar-refractivity contribution in [1.29, 1.82) is 0 Å². The Labute approximate surface area is 112 Å². The summed E-state index contributed by atoms with van der Waals surface area (Å²) in [7, 11) is 0. The van der Waals surface area contributed by atoms with E-state index in [0.29, 0.717) is 0 Å². The van der Waals surface area contributed by atoms with Crippen LogP contribution in [0, 0.1) is 17.0 Å². The minimum absolute atomic E-state index is 0.156. The molecule has 0 heterocycles. The van der Waals surface area contributed by atoms with Gasteiger partial charge in [0.25, 0.3) is 0 Å². The highest BCUT2D eigenvalue weighted by Gasteiger charge is 2.29. The smallest absolute Gasteiger partial charge is 0.237 e. The van der Waals surface area contributed by atoms with E-state index in [4.69, 9.17) is 5.73 Å². The summed E-state index contributed by atoms with van der Waals surface area (Å²) < 4.78 is 27.1. The minimum Gasteiger partial charge on any atom is -0.348 e. The molecule has 1 unspecified atom stereocenters. The number of halogens is 2. The van der Waals surface area contributed by atoms with Crippen LogP contribution in [-0.4, -0.2) is 11.9 Å². The molecule has 3 nitrogen and oxygen atoms in total. The van der Waals surface area contributed by atoms with Gasteiger partial charge < -0.3 is 11.1 Å². The van der Waals surface area contributed by atoms with Crippen molar-refractivity contribution < 1.29 is 13.6 Å². The zero-order chi connectivity index (χ0) is 14.8. The normalized spacial score (nSPS) is 14.9. The molecular weight excluding hydrogens is 250 g/mol. The average Bonchev–Trinajstić information content (AvgIpc) is 2.26. The van der Waals surface area contributed by atoms with E-state index >= 15 is 0 Å². The number of nitrogens with two attached hydrogens (primary N) is 1. The predicted molar refractivity (Wildman–Crippen MR) is 70.3 cm³/mol. The molecule has 0 aliphatic rings. The summed E-state index contributed by atoms with van der Waals surface area (Å²) in [4.78, 5) is 11.9. The molecule has 0 radical (unpaired) electrons. The molecular formula is C14H20F2N2O. The van der Waals surface area contributed by atoms with Gasteiger partial charge in [0.2, 0.25) is 5.91 Å². The monoisotopic (exact) mass is 270 g/mol. The van der Waals surface area contributed by atoms with Crippen LogP contribution in [0.4, 0.5) is 8.78 Å². The van der Waals surface area contributed by atoms with Gasteiger partial charge in [-0.25, -0.2) is 8.78 Å². The highest BCUT2D eigenvalue weighted by Crippen LogP contribution is 2.22. The fourth-order valence-corrected chi connectivity index (χ4v) is 1.69. The van der Waals surface area contributed by atoms with Gasteiger partial charge in [0, 0.05) is 5.56 Å². The lowest BCUT2D eigenvalue weighted by atomic mass is 9.86. The van der Waals surface area contributed by atoms with Crippen molar-refractivity contribution in [3.63, 3.8) is 0 Å². The van der Waals surface area contributed by atoms with E-state index in [1.165, 1.54) is 13.0 Å². The van der Waals surface area contributed by atoms with E-state index in [1.807, 2.05) is 20.8 Å². The Hall–Kier alpha value is -1.49. The molecule has 0 aliphatic heterocycles. The molecule has 3 N–H and O–H groups in total. The van der Waals surface area contributed by atoms with E-state index in [0.717, 1.165) is 12.1 Å². The Bertz CT molecular complexity index is 449. The minimum atomic E-state index is -0.776. The standard InChI is InChI=1S/C14H20F2N2O/c1-8(11-9(15)6-5-7-10(11)16)18-13(19)12(17)14(2,3)4/h5-8,12H,17H2,1-4H3,(H,18,19)/t8?,12-/m1/s1. The summed E-state index contributed by atoms with van der Waals surface area (Å²) in [5.74, 6) is -1.79. The van der Waals surface area contributed by atoms with Crippen LogP contribution in [0.5, 0.6) is 0 Å². The van der Waals surface area contributed by atoms with Crippen LogP contribution in [0.1, 0.15) is 39.3 Å². The molecule has 0 fully saturated rings. The summed E-state index contributed by atoms with van der Waals surface area (Å²) in [6.07, 6.45) is 0. The maximum atomic E-state index is 13.6. The molecule has 1 aromatic rings. The lowest BCUT2D eigenvalue weighted by Gasteiger charge is -2.27. The third-order valence-electron chi connectivity index (χ3n) is 3.01. The van der Waals surface area contributed by atoms with Gasteiger partial charge in [-0.2, -0.15) is 0 Å². The zero-order valence-electron chi connectivity index (χ0n) is 11.6. The molecule has 0 bridgehead atoms. The number of benzene rings is 1. The maximum absolute atomic E-state index is 13.6. The van der Waals surface area contributed by atoms with Gasteiger partial charge in [-0.05, 0) is 24.5 Å². The van der Waals surface area contributed by atoms with Crippen molar-refractivity contribution in [2.75, 3.05) is 0 Å². The Balaban J connectivity index is 2.86. The Kier molecular flexibility index (Phi) is 4.63. The molecule has 0 spiro atoms. The number of amides is 1. The Morgan fingerprint density at radius 2 is 1.74 bits per heavy atom. The number of nitrogens with one attached hydrogen (secondary N) is 1. The van der Waals surface area contributed by atoms with Gasteiger partial charge in [0.1, 0.15) is 11.6 Å². The van der Waals surface area contributed by atoms with Gasteiger partial charge in [-0.15, -0.1) is 0 Å². The molecule has 1 amide bonds. The Morgan fingerprint density at radius 1 is 1.26 bits per heavy atom. The Morgan fingerprint density at radius 3 is 2.16 bits per heavy atom. The number of carbonyl (C=O) groups is 1. The van der Waals surface area contributed by atoms with E-state index < -0.39 is 35.0 Å². The van der Waals surface area contributed by atoms with Crippen LogP contribution in [0.2, 0.25) is 0 Å². The summed E-state index contributed by atoms with van der Waals surface area (Å²) in [6.45, 7) is 7.00. The first-order chi connectivity index (χ1) is 8.64. The van der Waals surface area contributed by atoms with Gasteiger partial charge in [0.15, 0.2) is 0 Å². The summed E-state index contributed by atoms with van der Waals surface area (Å²) in [5.41, 5.74) is 5.22. The summed E-state index contributed by atoms with van der Waals surface area (Å²) >= 11 is 0. The van der Waals surface area contributed by atoms with E-state index in [-0.39, 0.29) is 5.56 Å². The molecule has 0 aliphatic carbocycles. The van der Waals surface area contributed by atoms with Gasteiger partial charge >= 0.3 is 0 Å². The fourth-order valence-electron chi connectivity index (χ4n) is 1.69. The molecule has 2 atom stereocenters. The SMILES string of the molecule is CC(NC(=O)[C@@H](N)C(C)(C)C)c1c(F)cccc1F. The molecule has 1 rings (SSSR count). The molecule has 5 heteroatoms. The van der Waals surface area contributed by atoms with Crippen LogP contribution < -0.4 is 11.1 Å². The van der Waals surface area contributed by atoms with E-state index in [1.54, 1.807) is 0 Å². The topological polar surface area (TPSA) is 55.1 Å². The van der Waals surface area contributed by atoms with Crippen molar-refractivity contribution in [2.24, 2.45) is 11.1 Å².